The molecule has 20 heavy (non-hydrogen) atoms. The van der Waals surface area contributed by atoms with Crippen LogP contribution in [0.3, 0.4) is 0 Å². The van der Waals surface area contributed by atoms with E-state index in [0.717, 1.165) is 0 Å². The summed E-state index contributed by atoms with van der Waals surface area (Å²) in [6.45, 7) is -0.445. The molecule has 1 unspecified atom stereocenters. The third kappa shape index (κ3) is 5.41. The smallest absolute Gasteiger partial charge is 0.415 e. The van der Waals surface area contributed by atoms with Gasteiger partial charge in [0.15, 0.2) is 6.10 Å². The molecule has 6 nitrogen and oxygen atoms in total. The fourth-order valence-corrected chi connectivity index (χ4v) is 1.26. The lowest BCUT2D eigenvalue weighted by Crippen LogP contribution is -2.39. The minimum Gasteiger partial charge on any atom is -0.492 e. The summed E-state index contributed by atoms with van der Waals surface area (Å²) in [5, 5.41) is 21.5. The molecule has 0 aliphatic heterocycles. The Balaban J connectivity index is 2.23. The van der Waals surface area contributed by atoms with Crippen molar-refractivity contribution in [1.82, 2.24) is 5.32 Å². The lowest BCUT2D eigenvalue weighted by atomic mass is 10.3. The molecule has 0 aliphatic rings. The Kier molecular flexibility index (Phi) is 5.71. The highest BCUT2D eigenvalue weighted by Gasteiger charge is 2.37. The van der Waals surface area contributed by atoms with E-state index in [4.69, 9.17) is 9.84 Å². The van der Waals surface area contributed by atoms with Crippen LogP contribution in [-0.2, 0) is 0 Å². The first-order valence-electron chi connectivity index (χ1n) is 5.63. The third-order valence-corrected chi connectivity index (χ3v) is 2.31. The van der Waals surface area contributed by atoms with Gasteiger partial charge in [-0.1, -0.05) is 0 Å². The second-order valence-electron chi connectivity index (χ2n) is 3.86. The van der Waals surface area contributed by atoms with E-state index in [2.05, 4.69) is 5.32 Å². The third-order valence-electron chi connectivity index (χ3n) is 2.31. The fourth-order valence-electron chi connectivity index (χ4n) is 1.26. The molecule has 0 radical (unpaired) electrons. The Bertz CT molecular complexity index is 436. The molecule has 0 spiro atoms. The minimum absolute atomic E-state index is 0.0718. The number of nitrogens with zero attached hydrogens (tertiary/aromatic N) is 1. The number of hydrogen-bond donors (Lipinski definition) is 2. The summed E-state index contributed by atoms with van der Waals surface area (Å²) in [5.74, 6) is 0.369. The van der Waals surface area contributed by atoms with Crippen molar-refractivity contribution >= 4 is 5.69 Å². The first-order chi connectivity index (χ1) is 9.30. The molecular weight excluding hydrogens is 281 g/mol. The highest BCUT2D eigenvalue weighted by molar-refractivity contribution is 5.35. The predicted molar refractivity (Wildman–Crippen MR) is 63.5 cm³/mol. The number of nitro groups is 1. The van der Waals surface area contributed by atoms with Gasteiger partial charge in [-0.25, -0.2) is 0 Å². The number of halogens is 3. The van der Waals surface area contributed by atoms with Gasteiger partial charge in [-0.2, -0.15) is 13.2 Å². The van der Waals surface area contributed by atoms with E-state index < -0.39 is 23.7 Å². The van der Waals surface area contributed by atoms with E-state index in [1.807, 2.05) is 0 Å². The molecule has 0 aliphatic carbocycles. The molecule has 0 aromatic heterocycles. The van der Waals surface area contributed by atoms with Crippen molar-refractivity contribution < 1.29 is 27.9 Å². The second-order valence-corrected chi connectivity index (χ2v) is 3.86. The van der Waals surface area contributed by atoms with E-state index in [1.54, 1.807) is 0 Å². The van der Waals surface area contributed by atoms with Gasteiger partial charge in [0.1, 0.15) is 12.4 Å². The highest BCUT2D eigenvalue weighted by Crippen LogP contribution is 2.19. The molecule has 1 rings (SSSR count). The van der Waals surface area contributed by atoms with Crippen molar-refractivity contribution in [3.8, 4) is 5.75 Å². The predicted octanol–water partition coefficient (Wildman–Crippen LogP) is 1.49. The van der Waals surface area contributed by atoms with Crippen LogP contribution < -0.4 is 10.1 Å². The van der Waals surface area contributed by atoms with Gasteiger partial charge >= 0.3 is 6.18 Å². The number of aliphatic hydroxyl groups is 1. The van der Waals surface area contributed by atoms with Crippen LogP contribution in [0.2, 0.25) is 0 Å². The zero-order valence-corrected chi connectivity index (χ0v) is 10.3. The van der Waals surface area contributed by atoms with Gasteiger partial charge < -0.3 is 15.2 Å². The molecule has 0 amide bonds. The number of alkyl halides is 3. The molecule has 0 heterocycles. The van der Waals surface area contributed by atoms with E-state index in [9.17, 15) is 23.3 Å². The maximum absolute atomic E-state index is 12.0. The van der Waals surface area contributed by atoms with Crippen molar-refractivity contribution in [2.45, 2.75) is 12.3 Å². The number of aliphatic hydroxyl groups excluding tert-OH is 1. The van der Waals surface area contributed by atoms with Crippen molar-refractivity contribution in [3.05, 3.63) is 34.4 Å². The molecule has 2 N–H and O–H groups in total. The molecular formula is C11H13F3N2O4. The number of nitrogens with one attached hydrogen (secondary N) is 1. The summed E-state index contributed by atoms with van der Waals surface area (Å²) < 4.78 is 41.0. The van der Waals surface area contributed by atoms with Gasteiger partial charge in [-0.05, 0) is 12.1 Å². The zero-order valence-electron chi connectivity index (χ0n) is 10.3. The van der Waals surface area contributed by atoms with E-state index >= 15 is 0 Å². The summed E-state index contributed by atoms with van der Waals surface area (Å²) in [4.78, 5) is 9.84. The maximum atomic E-state index is 12.0. The summed E-state index contributed by atoms with van der Waals surface area (Å²) in [5.41, 5.74) is -0.0798. The second kappa shape index (κ2) is 7.06. The van der Waals surface area contributed by atoms with Gasteiger partial charge in [-0.15, -0.1) is 0 Å². The largest absolute Gasteiger partial charge is 0.492 e. The quantitative estimate of drug-likeness (QED) is 0.452. The summed E-state index contributed by atoms with van der Waals surface area (Å²) in [7, 11) is 0. The normalized spacial score (nSPS) is 13.0. The molecule has 112 valence electrons. The summed E-state index contributed by atoms with van der Waals surface area (Å²) in [6, 6.07) is 5.30. The molecule has 1 aromatic rings. The van der Waals surface area contributed by atoms with Crippen molar-refractivity contribution in [1.29, 1.82) is 0 Å². The number of benzene rings is 1. The molecule has 0 saturated carbocycles. The van der Waals surface area contributed by atoms with Crippen LogP contribution in [-0.4, -0.2) is 42.0 Å². The monoisotopic (exact) mass is 294 g/mol. The van der Waals surface area contributed by atoms with Crippen LogP contribution in [0, 0.1) is 10.1 Å². The lowest BCUT2D eigenvalue weighted by molar-refractivity contribution is -0.384. The topological polar surface area (TPSA) is 84.6 Å². The van der Waals surface area contributed by atoms with Gasteiger partial charge in [0, 0.05) is 25.2 Å². The van der Waals surface area contributed by atoms with Gasteiger partial charge in [0.25, 0.3) is 5.69 Å². The Hall–Kier alpha value is -1.87. The molecule has 0 bridgehead atoms. The average Bonchev–Trinajstić information content (AvgIpc) is 2.37. The van der Waals surface area contributed by atoms with Crippen LogP contribution in [0.15, 0.2) is 24.3 Å². The van der Waals surface area contributed by atoms with Crippen molar-refractivity contribution in [2.24, 2.45) is 0 Å². The molecule has 0 fully saturated rings. The van der Waals surface area contributed by atoms with Gasteiger partial charge in [-0.3, -0.25) is 10.1 Å². The number of nitro benzene ring substituents is 1. The summed E-state index contributed by atoms with van der Waals surface area (Å²) >= 11 is 0. The van der Waals surface area contributed by atoms with E-state index in [0.29, 0.717) is 5.75 Å². The molecule has 0 saturated heterocycles. The van der Waals surface area contributed by atoms with Crippen LogP contribution in [0.4, 0.5) is 18.9 Å². The van der Waals surface area contributed by atoms with E-state index in [-0.39, 0.29) is 18.8 Å². The first-order valence-corrected chi connectivity index (χ1v) is 5.63. The standard InChI is InChI=1S/C11H13F3N2O4/c12-11(13,14)10(17)7-15-5-6-20-9-3-1-8(2-4-9)16(18)19/h1-4,10,15,17H,5-7H2. The van der Waals surface area contributed by atoms with Crippen molar-refractivity contribution in [3.63, 3.8) is 0 Å². The Morgan fingerprint density at radius 3 is 2.45 bits per heavy atom. The van der Waals surface area contributed by atoms with Crippen molar-refractivity contribution in [2.75, 3.05) is 19.7 Å². The Morgan fingerprint density at radius 2 is 1.95 bits per heavy atom. The van der Waals surface area contributed by atoms with Gasteiger partial charge in [0.05, 0.1) is 4.92 Å². The number of non-ortho nitro benzene ring substituents is 1. The van der Waals surface area contributed by atoms with E-state index in [1.165, 1.54) is 24.3 Å². The highest BCUT2D eigenvalue weighted by atomic mass is 19.4. The fraction of sp³-hybridized carbons (Fsp3) is 0.455. The molecule has 9 heteroatoms. The Labute approximate surface area is 112 Å². The minimum atomic E-state index is -4.65. The SMILES string of the molecule is O=[N+]([O-])c1ccc(OCCNCC(O)C(F)(F)F)cc1. The number of rotatable bonds is 7. The average molecular weight is 294 g/mol. The number of ether oxygens (including phenoxy) is 1. The van der Waals surface area contributed by atoms with Crippen LogP contribution in [0.1, 0.15) is 0 Å². The first kappa shape index (κ1) is 16.2. The lowest BCUT2D eigenvalue weighted by Gasteiger charge is -2.15. The van der Waals surface area contributed by atoms with Crippen LogP contribution >= 0.6 is 0 Å². The number of hydrogen-bond acceptors (Lipinski definition) is 5. The molecule has 1 atom stereocenters. The van der Waals surface area contributed by atoms with Crippen LogP contribution in [0.5, 0.6) is 5.75 Å². The molecule has 1 aromatic carbocycles. The maximum Gasteiger partial charge on any atom is 0.415 e. The van der Waals surface area contributed by atoms with Crippen LogP contribution in [0.25, 0.3) is 0 Å². The zero-order chi connectivity index (χ0) is 15.2. The van der Waals surface area contributed by atoms with Gasteiger partial charge in [0.2, 0.25) is 0 Å². The Morgan fingerprint density at radius 1 is 1.35 bits per heavy atom. The summed E-state index contributed by atoms with van der Waals surface area (Å²) in [6.07, 6.45) is -7.06.